The van der Waals surface area contributed by atoms with Crippen molar-refractivity contribution in [2.75, 3.05) is 5.75 Å². The van der Waals surface area contributed by atoms with Crippen LogP contribution < -0.4 is 0 Å². The molecule has 0 aliphatic heterocycles. The lowest BCUT2D eigenvalue weighted by atomic mass is 9.73. The van der Waals surface area contributed by atoms with Crippen LogP contribution in [0.4, 0.5) is 0 Å². The third-order valence-corrected chi connectivity index (χ3v) is 7.60. The molecule has 0 spiro atoms. The summed E-state index contributed by atoms with van der Waals surface area (Å²) in [6, 6.07) is 7.56. The van der Waals surface area contributed by atoms with E-state index in [-0.39, 0.29) is 17.5 Å². The van der Waals surface area contributed by atoms with Crippen LogP contribution in [0.2, 0.25) is 5.02 Å². The van der Waals surface area contributed by atoms with Crippen LogP contribution in [0.3, 0.4) is 0 Å². The van der Waals surface area contributed by atoms with E-state index in [1.54, 1.807) is 18.3 Å². The number of benzene rings is 1. The van der Waals surface area contributed by atoms with Gasteiger partial charge in [-0.25, -0.2) is 4.98 Å². The Labute approximate surface area is 185 Å². The van der Waals surface area contributed by atoms with Gasteiger partial charge in [-0.2, -0.15) is 0 Å². The largest absolute Gasteiger partial charge is 0.299 e. The summed E-state index contributed by atoms with van der Waals surface area (Å²) in [6.45, 7) is 6.18. The van der Waals surface area contributed by atoms with Crippen LogP contribution in [0.1, 0.15) is 61.3 Å². The number of nitrogens with zero attached hydrogens (tertiary/aromatic N) is 1. The molecule has 160 valence electrons. The first-order valence-electron chi connectivity index (χ1n) is 10.5. The van der Waals surface area contributed by atoms with Gasteiger partial charge in [0.05, 0.1) is 15.8 Å². The first-order chi connectivity index (χ1) is 14.3. The minimum atomic E-state index is -1.34. The summed E-state index contributed by atoms with van der Waals surface area (Å²) >= 11 is 6.08. The van der Waals surface area contributed by atoms with Crippen molar-refractivity contribution < 1.29 is 13.8 Å². The maximum absolute atomic E-state index is 13.1. The van der Waals surface area contributed by atoms with E-state index in [2.05, 4.69) is 37.9 Å². The second-order valence-electron chi connectivity index (χ2n) is 7.97. The van der Waals surface area contributed by atoms with E-state index in [4.69, 9.17) is 11.6 Å². The van der Waals surface area contributed by atoms with E-state index >= 15 is 0 Å². The van der Waals surface area contributed by atoms with E-state index in [1.807, 2.05) is 0 Å². The molecule has 0 saturated heterocycles. The van der Waals surface area contributed by atoms with Crippen LogP contribution in [0, 0.1) is 12.8 Å². The molecule has 1 unspecified atom stereocenters. The number of carbonyl (C=O) groups is 2. The molecule has 6 heteroatoms. The Kier molecular flexibility index (Phi) is 7.59. The molecule has 1 aromatic carbocycles. The number of carbonyl (C=O) groups excluding carboxylic acids is 2. The fraction of sp³-hybridized carbons (Fsp3) is 0.458. The van der Waals surface area contributed by atoms with Gasteiger partial charge in [0, 0.05) is 24.8 Å². The zero-order valence-corrected chi connectivity index (χ0v) is 19.3. The molecule has 0 N–H and O–H groups in total. The topological polar surface area (TPSA) is 64.1 Å². The fourth-order valence-electron chi connectivity index (χ4n) is 4.40. The summed E-state index contributed by atoms with van der Waals surface area (Å²) in [5.74, 6) is -0.398. The van der Waals surface area contributed by atoms with E-state index in [0.717, 1.165) is 35.1 Å². The molecule has 1 aliphatic carbocycles. The van der Waals surface area contributed by atoms with Gasteiger partial charge in [-0.1, -0.05) is 43.1 Å². The maximum atomic E-state index is 13.1. The van der Waals surface area contributed by atoms with Crippen molar-refractivity contribution in [1.29, 1.82) is 0 Å². The predicted molar refractivity (Wildman–Crippen MR) is 121 cm³/mol. The number of hydrogen-bond donors (Lipinski definition) is 0. The standard InChI is InChI=1S/C24H28ClNO3S/c1-4-17-11-15(3)12-18(5-2)22(17)23-20(27)13-16(14-21(23)28)8-10-30(29)24-19(25)7-6-9-26-24/h6-7,9,11-12,16,23H,4-5,8,10,13-14H2,1-3H3. The molecule has 1 fully saturated rings. The van der Waals surface area contributed by atoms with Crippen molar-refractivity contribution in [3.8, 4) is 0 Å². The van der Waals surface area contributed by atoms with Gasteiger partial charge in [0.2, 0.25) is 0 Å². The number of aromatic nitrogens is 1. The van der Waals surface area contributed by atoms with Crippen LogP contribution in [0.5, 0.6) is 0 Å². The van der Waals surface area contributed by atoms with Crippen molar-refractivity contribution in [2.45, 2.75) is 63.8 Å². The zero-order valence-electron chi connectivity index (χ0n) is 17.7. The van der Waals surface area contributed by atoms with Crippen LogP contribution in [-0.2, 0) is 33.2 Å². The van der Waals surface area contributed by atoms with Crippen LogP contribution in [-0.4, -0.2) is 26.5 Å². The van der Waals surface area contributed by atoms with E-state index < -0.39 is 16.7 Å². The number of aryl methyl sites for hydroxylation is 3. The SMILES string of the molecule is CCc1cc(C)cc(CC)c1C1C(=O)CC(CCS(=O)c2ncccc2Cl)CC1=O. The van der Waals surface area contributed by atoms with Gasteiger partial charge in [0.1, 0.15) is 22.5 Å². The Morgan fingerprint density at radius 2 is 1.70 bits per heavy atom. The van der Waals surface area contributed by atoms with Gasteiger partial charge in [-0.05, 0) is 60.9 Å². The van der Waals surface area contributed by atoms with Gasteiger partial charge in [-0.15, -0.1) is 0 Å². The minimum Gasteiger partial charge on any atom is -0.299 e. The van der Waals surface area contributed by atoms with Gasteiger partial charge < -0.3 is 0 Å². The monoisotopic (exact) mass is 445 g/mol. The molecular formula is C24H28ClNO3S. The van der Waals surface area contributed by atoms with E-state index in [1.165, 1.54) is 0 Å². The lowest BCUT2D eigenvalue weighted by molar-refractivity contribution is -0.133. The maximum Gasteiger partial charge on any atom is 0.148 e. The van der Waals surface area contributed by atoms with Crippen molar-refractivity contribution >= 4 is 34.0 Å². The predicted octanol–water partition coefficient (Wildman–Crippen LogP) is 5.00. The number of Topliss-reactive ketones (excluding diaryl/α,β-unsaturated/α-hetero) is 2. The van der Waals surface area contributed by atoms with Crippen molar-refractivity contribution in [2.24, 2.45) is 5.92 Å². The molecule has 3 rings (SSSR count). The van der Waals surface area contributed by atoms with Crippen molar-refractivity contribution in [3.05, 3.63) is 57.7 Å². The lowest BCUT2D eigenvalue weighted by Crippen LogP contribution is -2.33. The van der Waals surface area contributed by atoms with Crippen LogP contribution >= 0.6 is 11.6 Å². The third kappa shape index (κ3) is 4.89. The number of halogens is 1. The third-order valence-electron chi connectivity index (χ3n) is 5.82. The Bertz CT molecular complexity index is 945. The molecule has 4 nitrogen and oxygen atoms in total. The first kappa shape index (κ1) is 22.8. The summed E-state index contributed by atoms with van der Waals surface area (Å²) in [7, 11) is -1.34. The van der Waals surface area contributed by atoms with Crippen molar-refractivity contribution in [3.63, 3.8) is 0 Å². The summed E-state index contributed by atoms with van der Waals surface area (Å²) in [5.41, 5.74) is 4.30. The average Bonchev–Trinajstić information content (AvgIpc) is 2.72. The molecule has 1 aromatic heterocycles. The van der Waals surface area contributed by atoms with E-state index in [9.17, 15) is 13.8 Å². The number of ketones is 2. The molecule has 30 heavy (non-hydrogen) atoms. The molecule has 2 aromatic rings. The second kappa shape index (κ2) is 9.97. The van der Waals surface area contributed by atoms with Crippen LogP contribution in [0.15, 0.2) is 35.5 Å². The minimum absolute atomic E-state index is 0.00819. The Morgan fingerprint density at radius 3 is 2.23 bits per heavy atom. The number of hydrogen-bond acceptors (Lipinski definition) is 4. The summed E-state index contributed by atoms with van der Waals surface area (Å²) in [5, 5.41) is 0.746. The lowest BCUT2D eigenvalue weighted by Gasteiger charge is -2.29. The molecule has 0 radical (unpaired) electrons. The highest BCUT2D eigenvalue weighted by molar-refractivity contribution is 7.85. The van der Waals surface area contributed by atoms with Gasteiger partial charge in [0.25, 0.3) is 0 Å². The Hall–Kier alpha value is -1.85. The number of pyridine rings is 1. The highest BCUT2D eigenvalue weighted by Crippen LogP contribution is 2.36. The highest BCUT2D eigenvalue weighted by Gasteiger charge is 2.38. The summed E-state index contributed by atoms with van der Waals surface area (Å²) in [6.07, 6.45) is 4.41. The smallest absolute Gasteiger partial charge is 0.148 e. The molecular weight excluding hydrogens is 418 g/mol. The summed E-state index contributed by atoms with van der Waals surface area (Å²) < 4.78 is 12.6. The van der Waals surface area contributed by atoms with Gasteiger partial charge in [-0.3, -0.25) is 13.8 Å². The average molecular weight is 446 g/mol. The van der Waals surface area contributed by atoms with Crippen LogP contribution in [0.25, 0.3) is 0 Å². The molecule has 1 saturated carbocycles. The highest BCUT2D eigenvalue weighted by atomic mass is 35.5. The quantitative estimate of drug-likeness (QED) is 0.562. The molecule has 1 heterocycles. The normalized spacial score (nSPS) is 20.4. The van der Waals surface area contributed by atoms with E-state index in [0.29, 0.717) is 35.1 Å². The van der Waals surface area contributed by atoms with Gasteiger partial charge in [0.15, 0.2) is 0 Å². The Balaban J connectivity index is 1.74. The fourth-order valence-corrected chi connectivity index (χ4v) is 5.98. The first-order valence-corrected chi connectivity index (χ1v) is 12.2. The Morgan fingerprint density at radius 1 is 1.10 bits per heavy atom. The van der Waals surface area contributed by atoms with Gasteiger partial charge >= 0.3 is 0 Å². The number of rotatable bonds is 7. The van der Waals surface area contributed by atoms with Crippen molar-refractivity contribution in [1.82, 2.24) is 4.98 Å². The molecule has 0 bridgehead atoms. The zero-order chi connectivity index (χ0) is 21.8. The summed E-state index contributed by atoms with van der Waals surface area (Å²) in [4.78, 5) is 30.3. The molecule has 0 amide bonds. The molecule has 1 atom stereocenters. The second-order valence-corrected chi connectivity index (χ2v) is 9.87. The molecule has 1 aliphatic rings.